The van der Waals surface area contributed by atoms with Crippen LogP contribution in [-0.2, 0) is 9.47 Å². The highest BCUT2D eigenvalue weighted by atomic mass is 16.6. The molecule has 2 aromatic rings. The van der Waals surface area contributed by atoms with Crippen LogP contribution in [0.4, 0.5) is 11.6 Å². The van der Waals surface area contributed by atoms with Gasteiger partial charge in [-0.1, -0.05) is 0 Å². The summed E-state index contributed by atoms with van der Waals surface area (Å²) in [6.07, 6.45) is 0.526. The highest BCUT2D eigenvalue weighted by Gasteiger charge is 2.31. The van der Waals surface area contributed by atoms with Crippen molar-refractivity contribution >= 4 is 22.9 Å². The molecule has 9 nitrogen and oxygen atoms in total. The van der Waals surface area contributed by atoms with Crippen molar-refractivity contribution in [2.24, 2.45) is 0 Å². The van der Waals surface area contributed by atoms with Gasteiger partial charge in [0.25, 0.3) is 0 Å². The van der Waals surface area contributed by atoms with Crippen LogP contribution >= 0.6 is 0 Å². The number of morpholine rings is 2. The van der Waals surface area contributed by atoms with Gasteiger partial charge in [0.05, 0.1) is 24.4 Å². The highest BCUT2D eigenvalue weighted by Crippen LogP contribution is 2.31. The molecule has 4 heterocycles. The van der Waals surface area contributed by atoms with E-state index < -0.39 is 0 Å². The number of fused-ring (bicyclic) bond motifs is 1. The van der Waals surface area contributed by atoms with E-state index in [4.69, 9.17) is 24.1 Å². The van der Waals surface area contributed by atoms with Crippen LogP contribution in [0.2, 0.25) is 0 Å². The maximum atomic E-state index is 5.86. The van der Waals surface area contributed by atoms with E-state index in [1.165, 1.54) is 0 Å². The molecule has 2 saturated heterocycles. The molecule has 4 atom stereocenters. The second-order valence-electron chi connectivity index (χ2n) is 7.11. The summed E-state index contributed by atoms with van der Waals surface area (Å²) in [7, 11) is 0. The van der Waals surface area contributed by atoms with Gasteiger partial charge in [0.1, 0.15) is 0 Å². The van der Waals surface area contributed by atoms with Crippen LogP contribution in [0.3, 0.4) is 0 Å². The van der Waals surface area contributed by atoms with E-state index in [2.05, 4.69) is 47.8 Å². The van der Waals surface area contributed by atoms with Crippen molar-refractivity contribution in [2.45, 2.75) is 52.1 Å². The Hall–Kier alpha value is -2.00. The topological polar surface area (TPSA) is 89.6 Å². The fourth-order valence-electron chi connectivity index (χ4n) is 3.75. The van der Waals surface area contributed by atoms with Crippen LogP contribution in [0, 0.1) is 0 Å². The van der Waals surface area contributed by atoms with Gasteiger partial charge in [-0.2, -0.15) is 0 Å². The predicted octanol–water partition coefficient (Wildman–Crippen LogP) is 1.24. The van der Waals surface area contributed by atoms with Gasteiger partial charge in [0, 0.05) is 26.2 Å². The third-order valence-corrected chi connectivity index (χ3v) is 4.52. The van der Waals surface area contributed by atoms with Crippen molar-refractivity contribution in [3.8, 4) is 0 Å². The first-order valence-corrected chi connectivity index (χ1v) is 8.80. The summed E-state index contributed by atoms with van der Waals surface area (Å²) < 4.78 is 16.5. The fourth-order valence-corrected chi connectivity index (χ4v) is 3.75. The molecule has 2 aromatic heterocycles. The van der Waals surface area contributed by atoms with Crippen molar-refractivity contribution in [1.29, 1.82) is 0 Å². The Morgan fingerprint density at radius 3 is 1.40 bits per heavy atom. The molecule has 9 heteroatoms. The van der Waals surface area contributed by atoms with Crippen molar-refractivity contribution in [2.75, 3.05) is 36.0 Å². The van der Waals surface area contributed by atoms with Crippen LogP contribution in [0.5, 0.6) is 0 Å². The number of ether oxygens (including phenoxy) is 2. The van der Waals surface area contributed by atoms with Crippen LogP contribution in [0.25, 0.3) is 11.3 Å². The molecule has 0 aromatic carbocycles. The lowest BCUT2D eigenvalue weighted by Gasteiger charge is -2.40. The molecule has 0 amide bonds. The SMILES string of the molecule is C[C@@H]1CN(c2nc3nonc3nc2N2C[C@@H](C)O[C@@H](C)C2)C[C@@H](C)O1. The molecule has 0 unspecified atom stereocenters. The molecule has 0 radical (unpaired) electrons. The minimum atomic E-state index is 0.132. The Kier molecular flexibility index (Phi) is 4.20. The first-order chi connectivity index (χ1) is 12.0. The molecular formula is C16H24N6O3. The molecule has 0 N–H and O–H groups in total. The number of aromatic nitrogens is 4. The molecular weight excluding hydrogens is 324 g/mol. The number of anilines is 2. The molecule has 0 spiro atoms. The zero-order chi connectivity index (χ0) is 17.6. The molecule has 2 aliphatic heterocycles. The van der Waals surface area contributed by atoms with Crippen LogP contribution < -0.4 is 9.80 Å². The van der Waals surface area contributed by atoms with Crippen LogP contribution in [-0.4, -0.2) is 70.9 Å². The monoisotopic (exact) mass is 348 g/mol. The summed E-state index contributed by atoms with van der Waals surface area (Å²) in [6.45, 7) is 11.3. The Morgan fingerprint density at radius 2 is 1.04 bits per heavy atom. The summed E-state index contributed by atoms with van der Waals surface area (Å²) in [5.74, 6) is 1.62. The van der Waals surface area contributed by atoms with E-state index >= 15 is 0 Å². The quantitative estimate of drug-likeness (QED) is 0.795. The van der Waals surface area contributed by atoms with E-state index in [0.29, 0.717) is 11.3 Å². The van der Waals surface area contributed by atoms with E-state index in [-0.39, 0.29) is 24.4 Å². The molecule has 0 saturated carbocycles. The minimum absolute atomic E-state index is 0.132. The second-order valence-corrected chi connectivity index (χ2v) is 7.11. The number of rotatable bonds is 2. The average Bonchev–Trinajstić information content (AvgIpc) is 2.99. The minimum Gasteiger partial charge on any atom is -0.372 e. The highest BCUT2D eigenvalue weighted by molar-refractivity contribution is 5.75. The predicted molar refractivity (Wildman–Crippen MR) is 91.8 cm³/mol. The normalized spacial score (nSPS) is 30.9. The first kappa shape index (κ1) is 16.5. The van der Waals surface area contributed by atoms with Gasteiger partial charge in [-0.3, -0.25) is 0 Å². The molecule has 2 aliphatic rings. The molecule has 136 valence electrons. The maximum absolute atomic E-state index is 5.86. The molecule has 25 heavy (non-hydrogen) atoms. The number of nitrogens with zero attached hydrogens (tertiary/aromatic N) is 6. The zero-order valence-electron chi connectivity index (χ0n) is 15.0. The van der Waals surface area contributed by atoms with Crippen molar-refractivity contribution in [1.82, 2.24) is 20.3 Å². The second kappa shape index (κ2) is 6.38. The van der Waals surface area contributed by atoms with E-state index in [1.54, 1.807) is 0 Å². The Morgan fingerprint density at radius 1 is 0.680 bits per heavy atom. The number of hydrogen-bond donors (Lipinski definition) is 0. The summed E-state index contributed by atoms with van der Waals surface area (Å²) >= 11 is 0. The largest absolute Gasteiger partial charge is 0.372 e. The first-order valence-electron chi connectivity index (χ1n) is 8.80. The number of hydrogen-bond acceptors (Lipinski definition) is 9. The van der Waals surface area contributed by atoms with Gasteiger partial charge < -0.3 is 19.3 Å². The zero-order valence-corrected chi connectivity index (χ0v) is 15.0. The fraction of sp³-hybridized carbons (Fsp3) is 0.750. The lowest BCUT2D eigenvalue weighted by molar-refractivity contribution is -0.00721. The molecule has 0 aliphatic carbocycles. The smallest absolute Gasteiger partial charge is 0.245 e. The maximum Gasteiger partial charge on any atom is 0.245 e. The van der Waals surface area contributed by atoms with Crippen molar-refractivity contribution < 1.29 is 14.1 Å². The van der Waals surface area contributed by atoms with Crippen LogP contribution in [0.15, 0.2) is 4.63 Å². The lowest BCUT2D eigenvalue weighted by Crippen LogP contribution is -2.49. The van der Waals surface area contributed by atoms with Gasteiger partial charge >= 0.3 is 0 Å². The summed E-state index contributed by atoms with van der Waals surface area (Å²) in [6, 6.07) is 0. The molecule has 4 rings (SSSR count). The summed E-state index contributed by atoms with van der Waals surface area (Å²) in [4.78, 5) is 13.9. The Labute approximate surface area is 146 Å². The van der Waals surface area contributed by atoms with Crippen molar-refractivity contribution in [3.63, 3.8) is 0 Å². The van der Waals surface area contributed by atoms with Gasteiger partial charge in [0.2, 0.25) is 11.3 Å². The van der Waals surface area contributed by atoms with E-state index in [0.717, 1.165) is 37.8 Å². The Bertz CT molecular complexity index is 673. The lowest BCUT2D eigenvalue weighted by atomic mass is 10.2. The van der Waals surface area contributed by atoms with Gasteiger partial charge in [-0.15, -0.1) is 0 Å². The van der Waals surface area contributed by atoms with Gasteiger partial charge in [-0.25, -0.2) is 14.6 Å². The third-order valence-electron chi connectivity index (χ3n) is 4.52. The summed E-state index contributed by atoms with van der Waals surface area (Å²) in [5.41, 5.74) is 0.861. The van der Waals surface area contributed by atoms with Crippen LogP contribution in [0.1, 0.15) is 27.7 Å². The molecule has 2 fully saturated rings. The molecule has 0 bridgehead atoms. The Balaban J connectivity index is 1.76. The average molecular weight is 348 g/mol. The van der Waals surface area contributed by atoms with E-state index in [1.807, 2.05) is 0 Å². The standard InChI is InChI=1S/C16H24N6O3/c1-9-5-21(6-10(2)23-9)15-16(18-14-13(17-15)19-25-20-14)22-7-11(3)24-12(4)8-22/h9-12H,5-8H2,1-4H3/t9-,10-,11-,12+/m1/s1. The van der Waals surface area contributed by atoms with Gasteiger partial charge in [0.15, 0.2) is 11.6 Å². The third kappa shape index (κ3) is 3.25. The van der Waals surface area contributed by atoms with Gasteiger partial charge in [-0.05, 0) is 38.0 Å². The summed E-state index contributed by atoms with van der Waals surface area (Å²) in [5, 5.41) is 7.74. The van der Waals surface area contributed by atoms with Crippen molar-refractivity contribution in [3.05, 3.63) is 0 Å². The van der Waals surface area contributed by atoms with E-state index in [9.17, 15) is 0 Å².